The van der Waals surface area contributed by atoms with E-state index in [9.17, 15) is 18.0 Å². The monoisotopic (exact) mass is 444 g/mol. The lowest BCUT2D eigenvalue weighted by atomic mass is 9.94. The molecule has 1 amide bonds. The van der Waals surface area contributed by atoms with Crippen LogP contribution in [0.5, 0.6) is 0 Å². The van der Waals surface area contributed by atoms with Crippen molar-refractivity contribution in [2.75, 3.05) is 18.4 Å². The summed E-state index contributed by atoms with van der Waals surface area (Å²) in [4.78, 5) is 26.3. The molecule has 0 aliphatic heterocycles. The van der Waals surface area contributed by atoms with Crippen molar-refractivity contribution >= 4 is 27.6 Å². The molecule has 1 aliphatic carbocycles. The molecule has 0 unspecified atom stereocenters. The summed E-state index contributed by atoms with van der Waals surface area (Å²) >= 11 is 0. The van der Waals surface area contributed by atoms with Crippen molar-refractivity contribution in [2.45, 2.75) is 50.0 Å². The van der Waals surface area contributed by atoms with Crippen molar-refractivity contribution in [2.24, 2.45) is 0 Å². The van der Waals surface area contributed by atoms with Gasteiger partial charge < -0.3 is 9.64 Å². The van der Waals surface area contributed by atoms with Crippen LogP contribution in [0.25, 0.3) is 0 Å². The maximum Gasteiger partial charge on any atom is 0.338 e. The predicted octanol–water partition coefficient (Wildman–Crippen LogP) is 3.74. The first kappa shape index (κ1) is 22.8. The molecule has 0 atom stereocenters. The summed E-state index contributed by atoms with van der Waals surface area (Å²) in [5.41, 5.74) is 1.66. The summed E-state index contributed by atoms with van der Waals surface area (Å²) in [5.74, 6) is -0.900. The molecule has 1 fully saturated rings. The van der Waals surface area contributed by atoms with Crippen molar-refractivity contribution in [1.82, 2.24) is 4.90 Å². The summed E-state index contributed by atoms with van der Waals surface area (Å²) in [5, 5.41) is 0. The van der Waals surface area contributed by atoms with Crippen LogP contribution in [0.15, 0.2) is 53.4 Å². The Morgan fingerprint density at radius 3 is 2.23 bits per heavy atom. The number of likely N-dealkylation sites (N-methyl/N-ethyl adjacent to an activating group) is 1. The smallest absolute Gasteiger partial charge is 0.338 e. The highest BCUT2D eigenvalue weighted by Crippen LogP contribution is 2.22. The molecule has 0 aromatic heterocycles. The molecule has 8 heteroatoms. The molecule has 3 rings (SSSR count). The SMILES string of the molecule is Cc1ccc(NS(=O)(=O)c2ccc(C(=O)OCC(=O)N(C)C3CCCCC3)cc2)cc1. The van der Waals surface area contributed by atoms with E-state index in [1.165, 1.54) is 30.7 Å². The highest BCUT2D eigenvalue weighted by atomic mass is 32.2. The van der Waals surface area contributed by atoms with E-state index in [1.54, 1.807) is 24.1 Å². The Morgan fingerprint density at radius 1 is 1.00 bits per heavy atom. The lowest BCUT2D eigenvalue weighted by molar-refractivity contribution is -0.135. The Morgan fingerprint density at radius 2 is 1.61 bits per heavy atom. The summed E-state index contributed by atoms with van der Waals surface area (Å²) in [7, 11) is -2.04. The van der Waals surface area contributed by atoms with Gasteiger partial charge in [0.25, 0.3) is 15.9 Å². The van der Waals surface area contributed by atoms with Crippen LogP contribution in [0.4, 0.5) is 5.69 Å². The van der Waals surface area contributed by atoms with Crippen molar-refractivity contribution in [3.8, 4) is 0 Å². The minimum atomic E-state index is -3.78. The highest BCUT2D eigenvalue weighted by Gasteiger charge is 2.23. The number of benzene rings is 2. The van der Waals surface area contributed by atoms with E-state index in [0.717, 1.165) is 31.2 Å². The van der Waals surface area contributed by atoms with E-state index in [1.807, 2.05) is 19.1 Å². The van der Waals surface area contributed by atoms with Gasteiger partial charge in [0.2, 0.25) is 0 Å². The Balaban J connectivity index is 1.56. The largest absolute Gasteiger partial charge is 0.452 e. The molecule has 0 heterocycles. The van der Waals surface area contributed by atoms with Crippen molar-refractivity contribution < 1.29 is 22.7 Å². The van der Waals surface area contributed by atoms with Crippen LogP contribution in [0.1, 0.15) is 48.0 Å². The summed E-state index contributed by atoms with van der Waals surface area (Å²) in [6, 6.07) is 12.6. The molecule has 2 aromatic carbocycles. The van der Waals surface area contributed by atoms with Crippen LogP contribution in [-0.2, 0) is 19.6 Å². The quantitative estimate of drug-likeness (QED) is 0.657. The van der Waals surface area contributed by atoms with Gasteiger partial charge >= 0.3 is 5.97 Å². The molecular formula is C23H28N2O5S. The highest BCUT2D eigenvalue weighted by molar-refractivity contribution is 7.92. The number of rotatable bonds is 7. The number of anilines is 1. The third-order valence-corrected chi connectivity index (χ3v) is 6.94. The molecule has 7 nitrogen and oxygen atoms in total. The number of nitrogens with one attached hydrogen (secondary N) is 1. The van der Waals surface area contributed by atoms with Gasteiger partial charge in [-0.05, 0) is 56.2 Å². The van der Waals surface area contributed by atoms with Crippen molar-refractivity contribution in [3.05, 3.63) is 59.7 Å². The average molecular weight is 445 g/mol. The second-order valence-electron chi connectivity index (χ2n) is 7.87. The third-order valence-electron chi connectivity index (χ3n) is 5.55. The van der Waals surface area contributed by atoms with E-state index in [2.05, 4.69) is 4.72 Å². The third kappa shape index (κ3) is 6.07. The first-order valence-electron chi connectivity index (χ1n) is 10.4. The van der Waals surface area contributed by atoms with Crippen molar-refractivity contribution in [1.29, 1.82) is 0 Å². The van der Waals surface area contributed by atoms with E-state index in [4.69, 9.17) is 4.74 Å². The lowest BCUT2D eigenvalue weighted by Crippen LogP contribution is -2.40. The minimum absolute atomic E-state index is 0.0257. The molecular weight excluding hydrogens is 416 g/mol. The van der Waals surface area contributed by atoms with Crippen LogP contribution in [0, 0.1) is 6.92 Å². The van der Waals surface area contributed by atoms with Gasteiger partial charge in [-0.15, -0.1) is 0 Å². The molecule has 0 bridgehead atoms. The molecule has 31 heavy (non-hydrogen) atoms. The van der Waals surface area contributed by atoms with Gasteiger partial charge in [0.15, 0.2) is 6.61 Å². The number of aryl methyl sites for hydroxylation is 1. The number of carbonyl (C=O) groups excluding carboxylic acids is 2. The number of esters is 1. The summed E-state index contributed by atoms with van der Waals surface area (Å²) in [6.07, 6.45) is 5.36. The lowest BCUT2D eigenvalue weighted by Gasteiger charge is -2.31. The Kier molecular flexibility index (Phi) is 7.33. The molecule has 0 saturated heterocycles. The van der Waals surface area contributed by atoms with E-state index in [-0.39, 0.29) is 29.0 Å². The van der Waals surface area contributed by atoms with E-state index in [0.29, 0.717) is 5.69 Å². The van der Waals surface area contributed by atoms with Crippen molar-refractivity contribution in [3.63, 3.8) is 0 Å². The van der Waals surface area contributed by atoms with Gasteiger partial charge in [-0.3, -0.25) is 9.52 Å². The molecule has 166 valence electrons. The van der Waals surface area contributed by atoms with Crippen LogP contribution < -0.4 is 4.72 Å². The molecule has 0 spiro atoms. The van der Waals surface area contributed by atoms with Crippen LogP contribution in [0.2, 0.25) is 0 Å². The number of carbonyl (C=O) groups is 2. The predicted molar refractivity (Wildman–Crippen MR) is 118 cm³/mol. The number of ether oxygens (including phenoxy) is 1. The first-order valence-corrected chi connectivity index (χ1v) is 11.9. The maximum atomic E-state index is 12.5. The van der Waals surface area contributed by atoms with Crippen LogP contribution >= 0.6 is 0 Å². The Bertz CT molecular complexity index is 1010. The fraction of sp³-hybridized carbons (Fsp3) is 0.391. The van der Waals surface area contributed by atoms with Gasteiger partial charge in [0.05, 0.1) is 10.5 Å². The van der Waals surface area contributed by atoms with Gasteiger partial charge in [-0.25, -0.2) is 13.2 Å². The average Bonchev–Trinajstić information content (AvgIpc) is 2.78. The van der Waals surface area contributed by atoms with Crippen LogP contribution in [0.3, 0.4) is 0 Å². The number of amides is 1. The molecule has 2 aromatic rings. The standard InChI is InChI=1S/C23H28N2O5S/c1-17-8-12-19(13-9-17)24-31(28,29)21-14-10-18(11-15-21)23(27)30-16-22(26)25(2)20-6-4-3-5-7-20/h8-15,20,24H,3-7,16H2,1-2H3. The number of nitrogens with zero attached hydrogens (tertiary/aromatic N) is 1. The second kappa shape index (κ2) is 9.96. The zero-order valence-corrected chi connectivity index (χ0v) is 18.7. The Labute approximate surface area is 183 Å². The molecule has 1 aliphatic rings. The number of hydrogen-bond acceptors (Lipinski definition) is 5. The van der Waals surface area contributed by atoms with Crippen LogP contribution in [-0.4, -0.2) is 44.9 Å². The molecule has 1 saturated carbocycles. The first-order chi connectivity index (χ1) is 14.8. The fourth-order valence-corrected chi connectivity index (χ4v) is 4.65. The number of sulfonamides is 1. The minimum Gasteiger partial charge on any atom is -0.452 e. The normalized spacial score (nSPS) is 14.6. The number of hydrogen-bond donors (Lipinski definition) is 1. The van der Waals surface area contributed by atoms with Gasteiger partial charge in [-0.2, -0.15) is 0 Å². The van der Waals surface area contributed by atoms with Gasteiger partial charge in [0, 0.05) is 18.8 Å². The molecule has 0 radical (unpaired) electrons. The Hall–Kier alpha value is -2.87. The van der Waals surface area contributed by atoms with E-state index >= 15 is 0 Å². The zero-order valence-electron chi connectivity index (χ0n) is 17.8. The van der Waals surface area contributed by atoms with Gasteiger partial charge in [-0.1, -0.05) is 37.0 Å². The van der Waals surface area contributed by atoms with E-state index < -0.39 is 16.0 Å². The molecule has 1 N–H and O–H groups in total. The van der Waals surface area contributed by atoms with Gasteiger partial charge in [0.1, 0.15) is 0 Å². The summed E-state index contributed by atoms with van der Waals surface area (Å²) < 4.78 is 32.7. The maximum absolute atomic E-state index is 12.5. The summed E-state index contributed by atoms with van der Waals surface area (Å²) in [6.45, 7) is 1.58. The fourth-order valence-electron chi connectivity index (χ4n) is 3.59. The second-order valence-corrected chi connectivity index (χ2v) is 9.55. The topological polar surface area (TPSA) is 92.8 Å². The zero-order chi connectivity index (χ0) is 22.4.